The van der Waals surface area contributed by atoms with Crippen LogP contribution >= 0.6 is 11.6 Å². The molecule has 0 radical (unpaired) electrons. The summed E-state index contributed by atoms with van der Waals surface area (Å²) in [6.45, 7) is 1.70. The summed E-state index contributed by atoms with van der Waals surface area (Å²) in [4.78, 5) is 33.2. The maximum absolute atomic E-state index is 11.9. The monoisotopic (exact) mass is 285 g/mol. The van der Waals surface area contributed by atoms with E-state index in [2.05, 4.69) is 5.32 Å². The lowest BCUT2D eigenvalue weighted by Crippen LogP contribution is -2.42. The van der Waals surface area contributed by atoms with Crippen molar-refractivity contribution in [2.75, 3.05) is 0 Å². The molecule has 0 saturated heterocycles. The number of aryl methyl sites for hydroxylation is 1. The van der Waals surface area contributed by atoms with E-state index in [1.165, 1.54) is 6.07 Å². The van der Waals surface area contributed by atoms with Gasteiger partial charge in [0.15, 0.2) is 0 Å². The normalized spacial score (nSPS) is 11.7. The van der Waals surface area contributed by atoms with Crippen LogP contribution in [0, 0.1) is 6.92 Å². The number of halogens is 1. The number of hydrogen-bond acceptors (Lipinski definition) is 3. The predicted molar refractivity (Wildman–Crippen MR) is 67.3 cm³/mol. The number of hydrogen-bond donors (Lipinski definition) is 3. The van der Waals surface area contributed by atoms with Gasteiger partial charge in [-0.05, 0) is 18.6 Å². The van der Waals surface area contributed by atoms with Crippen LogP contribution < -0.4 is 5.32 Å². The van der Waals surface area contributed by atoms with Crippen LogP contribution in [-0.2, 0) is 9.59 Å². The lowest BCUT2D eigenvalue weighted by molar-refractivity contribution is -0.145. The first kappa shape index (κ1) is 15.0. The fraction of sp³-hybridized carbons (Fsp3) is 0.250. The molecule has 0 bridgehead atoms. The Bertz CT molecular complexity index is 529. The Morgan fingerprint density at radius 2 is 1.95 bits per heavy atom. The van der Waals surface area contributed by atoms with E-state index in [1.807, 2.05) is 0 Å². The Hall–Kier alpha value is -2.08. The molecule has 0 aliphatic heterocycles. The van der Waals surface area contributed by atoms with Crippen molar-refractivity contribution in [3.05, 3.63) is 34.3 Å². The Morgan fingerprint density at radius 1 is 1.32 bits per heavy atom. The highest BCUT2D eigenvalue weighted by Gasteiger charge is 2.24. The molecule has 1 aromatic carbocycles. The van der Waals surface area contributed by atoms with Crippen LogP contribution in [0.2, 0.25) is 5.02 Å². The number of carboxylic acids is 2. The van der Waals surface area contributed by atoms with Gasteiger partial charge in [0.2, 0.25) is 0 Å². The molecular formula is C12H12ClNO5. The lowest BCUT2D eigenvalue weighted by atomic mass is 10.1. The van der Waals surface area contributed by atoms with Gasteiger partial charge in [-0.1, -0.05) is 23.7 Å². The summed E-state index contributed by atoms with van der Waals surface area (Å²) in [6.07, 6.45) is -0.704. The quantitative estimate of drug-likeness (QED) is 0.756. The summed E-state index contributed by atoms with van der Waals surface area (Å²) in [6, 6.07) is 3.24. The first-order valence-electron chi connectivity index (χ1n) is 5.33. The van der Waals surface area contributed by atoms with Crippen molar-refractivity contribution < 1.29 is 24.6 Å². The van der Waals surface area contributed by atoms with E-state index in [0.29, 0.717) is 5.56 Å². The summed E-state index contributed by atoms with van der Waals surface area (Å²) in [5, 5.41) is 19.7. The minimum atomic E-state index is -1.50. The molecule has 0 heterocycles. The molecule has 1 rings (SSSR count). The molecule has 1 amide bonds. The summed E-state index contributed by atoms with van der Waals surface area (Å²) in [5.74, 6) is -3.45. The molecule has 1 aromatic rings. The number of carbonyl (C=O) groups excluding carboxylic acids is 1. The smallest absolute Gasteiger partial charge is 0.326 e. The Kier molecular flexibility index (Phi) is 4.88. The van der Waals surface area contributed by atoms with Crippen molar-refractivity contribution in [3.63, 3.8) is 0 Å². The van der Waals surface area contributed by atoms with E-state index >= 15 is 0 Å². The Morgan fingerprint density at radius 3 is 2.47 bits per heavy atom. The number of carboxylic acid groups (broad SMARTS) is 2. The average molecular weight is 286 g/mol. The highest BCUT2D eigenvalue weighted by atomic mass is 35.5. The van der Waals surface area contributed by atoms with Gasteiger partial charge in [-0.2, -0.15) is 0 Å². The molecule has 0 aliphatic rings. The number of nitrogens with one attached hydrogen (secondary N) is 1. The van der Waals surface area contributed by atoms with Gasteiger partial charge in [0.05, 0.1) is 17.0 Å². The average Bonchev–Trinajstić information content (AvgIpc) is 2.31. The third-order valence-corrected chi connectivity index (χ3v) is 2.92. The van der Waals surface area contributed by atoms with Crippen LogP contribution in [0.4, 0.5) is 0 Å². The fourth-order valence-corrected chi connectivity index (χ4v) is 1.65. The molecule has 6 nitrogen and oxygen atoms in total. The van der Waals surface area contributed by atoms with Gasteiger partial charge in [-0.25, -0.2) is 4.79 Å². The zero-order valence-corrected chi connectivity index (χ0v) is 10.8. The fourth-order valence-electron chi connectivity index (χ4n) is 1.43. The highest BCUT2D eigenvalue weighted by molar-refractivity contribution is 6.34. The number of aliphatic carboxylic acids is 2. The maximum Gasteiger partial charge on any atom is 0.326 e. The van der Waals surface area contributed by atoms with E-state index in [-0.39, 0.29) is 10.6 Å². The summed E-state index contributed by atoms with van der Waals surface area (Å²) in [7, 11) is 0. The van der Waals surface area contributed by atoms with E-state index in [4.69, 9.17) is 21.8 Å². The second kappa shape index (κ2) is 6.19. The first-order chi connectivity index (χ1) is 8.82. The molecule has 3 N–H and O–H groups in total. The molecular weight excluding hydrogens is 274 g/mol. The minimum absolute atomic E-state index is 0.110. The highest BCUT2D eigenvalue weighted by Crippen LogP contribution is 2.20. The second-order valence-electron chi connectivity index (χ2n) is 3.90. The van der Waals surface area contributed by atoms with E-state index in [1.54, 1.807) is 19.1 Å². The number of amides is 1. The molecule has 0 unspecified atom stereocenters. The van der Waals surface area contributed by atoms with Crippen LogP contribution in [0.15, 0.2) is 18.2 Å². The van der Waals surface area contributed by atoms with Crippen molar-refractivity contribution in [3.8, 4) is 0 Å². The molecule has 0 aromatic heterocycles. The van der Waals surface area contributed by atoms with Crippen LogP contribution in [0.1, 0.15) is 22.3 Å². The van der Waals surface area contributed by atoms with Crippen molar-refractivity contribution in [1.82, 2.24) is 5.32 Å². The molecule has 7 heteroatoms. The van der Waals surface area contributed by atoms with Gasteiger partial charge in [0.1, 0.15) is 6.04 Å². The zero-order valence-electron chi connectivity index (χ0n) is 10.0. The van der Waals surface area contributed by atoms with Crippen molar-refractivity contribution in [1.29, 1.82) is 0 Å². The van der Waals surface area contributed by atoms with Crippen LogP contribution in [0.5, 0.6) is 0 Å². The van der Waals surface area contributed by atoms with Crippen LogP contribution in [0.25, 0.3) is 0 Å². The Labute approximate surface area is 114 Å². The lowest BCUT2D eigenvalue weighted by Gasteiger charge is -2.13. The van der Waals surface area contributed by atoms with E-state index in [9.17, 15) is 14.4 Å². The van der Waals surface area contributed by atoms with Gasteiger partial charge in [0.25, 0.3) is 5.91 Å². The van der Waals surface area contributed by atoms with Crippen LogP contribution in [-0.4, -0.2) is 34.1 Å². The first-order valence-corrected chi connectivity index (χ1v) is 5.71. The Balaban J connectivity index is 2.91. The third-order valence-electron chi connectivity index (χ3n) is 2.42. The standard InChI is InChI=1S/C12H12ClNO5/c1-6-3-2-4-7(10(6)13)11(17)14-8(12(18)19)5-9(15)16/h2-4,8H,5H2,1H3,(H,14,17)(H,15,16)(H,18,19)/t8-/m1/s1. The van der Waals surface area contributed by atoms with Gasteiger partial charge >= 0.3 is 11.9 Å². The van der Waals surface area contributed by atoms with Crippen LogP contribution in [0.3, 0.4) is 0 Å². The van der Waals surface area contributed by atoms with Crippen molar-refractivity contribution in [2.24, 2.45) is 0 Å². The maximum atomic E-state index is 11.9. The molecule has 19 heavy (non-hydrogen) atoms. The summed E-state index contributed by atoms with van der Waals surface area (Å²) in [5.41, 5.74) is 0.776. The van der Waals surface area contributed by atoms with Crippen molar-refractivity contribution in [2.45, 2.75) is 19.4 Å². The SMILES string of the molecule is Cc1cccc(C(=O)N[C@H](CC(=O)O)C(=O)O)c1Cl. The molecule has 0 saturated carbocycles. The number of benzene rings is 1. The van der Waals surface area contributed by atoms with E-state index < -0.39 is 30.3 Å². The molecule has 0 fully saturated rings. The number of carbonyl (C=O) groups is 3. The molecule has 1 atom stereocenters. The molecule has 0 aliphatic carbocycles. The van der Waals surface area contributed by atoms with Gasteiger partial charge in [-0.3, -0.25) is 9.59 Å². The second-order valence-corrected chi connectivity index (χ2v) is 4.28. The zero-order chi connectivity index (χ0) is 14.6. The van der Waals surface area contributed by atoms with Crippen molar-refractivity contribution >= 4 is 29.4 Å². The van der Waals surface area contributed by atoms with Gasteiger partial charge in [-0.15, -0.1) is 0 Å². The summed E-state index contributed by atoms with van der Waals surface area (Å²) >= 11 is 5.93. The number of rotatable bonds is 5. The molecule has 102 valence electrons. The third kappa shape index (κ3) is 3.96. The van der Waals surface area contributed by atoms with E-state index in [0.717, 1.165) is 0 Å². The predicted octanol–water partition coefficient (Wildman–Crippen LogP) is 1.31. The van der Waals surface area contributed by atoms with Gasteiger partial charge < -0.3 is 15.5 Å². The molecule has 0 spiro atoms. The van der Waals surface area contributed by atoms with Gasteiger partial charge in [0, 0.05) is 0 Å². The summed E-state index contributed by atoms with van der Waals surface area (Å²) < 4.78 is 0. The topological polar surface area (TPSA) is 104 Å². The largest absolute Gasteiger partial charge is 0.481 e. The minimum Gasteiger partial charge on any atom is -0.481 e.